The fraction of sp³-hybridized carbons (Fsp3) is 1.00. The number of rotatable bonds is 12. The molecule has 0 aromatic carbocycles. The molecule has 5 heteroatoms. The summed E-state index contributed by atoms with van der Waals surface area (Å²) in [6.07, 6.45) is 9.53. The summed E-state index contributed by atoms with van der Waals surface area (Å²) < 4.78 is 13.1. The maximum absolute atomic E-state index is 6.54. The molecule has 0 unspecified atom stereocenters. The Morgan fingerprint density at radius 1 is 0.571 bits per heavy atom. The van der Waals surface area contributed by atoms with Crippen molar-refractivity contribution in [2.24, 2.45) is 0 Å². The van der Waals surface area contributed by atoms with Gasteiger partial charge in [-0.1, -0.05) is 51.9 Å². The maximum Gasteiger partial charge on any atom is 0.314 e. The van der Waals surface area contributed by atoms with Crippen LogP contribution in [-0.4, -0.2) is 25.2 Å². The van der Waals surface area contributed by atoms with E-state index in [-0.39, 0.29) is 0 Å². The number of unbranched alkanes of at least 4 members (excludes halogenated alkanes) is 6. The molecule has 0 aromatic heterocycles. The molecule has 0 fully saturated rings. The van der Waals surface area contributed by atoms with E-state index in [9.17, 15) is 0 Å². The monoisotopic (exact) mass is 348 g/mol. The lowest BCUT2D eigenvalue weighted by Crippen LogP contribution is -2.52. The highest BCUT2D eigenvalue weighted by molar-refractivity contribution is 6.87. The molecule has 0 aliphatic carbocycles. The van der Waals surface area contributed by atoms with Crippen LogP contribution in [-0.2, 0) is 8.23 Å². The van der Waals surface area contributed by atoms with Crippen molar-refractivity contribution in [1.29, 1.82) is 0 Å². The molecule has 0 atom stereocenters. The van der Waals surface area contributed by atoms with E-state index in [0.29, 0.717) is 0 Å². The van der Waals surface area contributed by atoms with Crippen molar-refractivity contribution >= 4 is 25.2 Å². The lowest BCUT2D eigenvalue weighted by molar-refractivity contribution is 0.380. The van der Waals surface area contributed by atoms with Gasteiger partial charge in [-0.2, -0.15) is 0 Å². The zero-order chi connectivity index (χ0) is 16.6. The van der Waals surface area contributed by atoms with Crippen LogP contribution < -0.4 is 0 Å². The van der Waals surface area contributed by atoms with Crippen LogP contribution in [0.3, 0.4) is 0 Å². The highest BCUT2D eigenvalue weighted by Gasteiger charge is 2.39. The predicted molar refractivity (Wildman–Crippen MR) is 103 cm³/mol. The first-order valence-corrected chi connectivity index (χ1v) is 18.2. The predicted octanol–water partition coefficient (Wildman–Crippen LogP) is 6.51. The lowest BCUT2D eigenvalue weighted by atomic mass is 10.1. The SMILES string of the molecule is CCCCCCCCC[Si](C)(O[Si](C)(C)C)O[Si](C)(C)C. The Bertz CT molecular complexity index is 254. The minimum atomic E-state index is -1.97. The van der Waals surface area contributed by atoms with Crippen molar-refractivity contribution in [1.82, 2.24) is 0 Å². The van der Waals surface area contributed by atoms with E-state index in [0.717, 1.165) is 0 Å². The molecule has 0 aliphatic rings. The van der Waals surface area contributed by atoms with Gasteiger partial charge in [0.2, 0.25) is 0 Å². The van der Waals surface area contributed by atoms with E-state index in [4.69, 9.17) is 8.23 Å². The minimum absolute atomic E-state index is 1.18. The first-order valence-electron chi connectivity index (χ1n) is 8.88. The molecular formula is C16H40O2Si3. The largest absolute Gasteiger partial charge is 0.437 e. The van der Waals surface area contributed by atoms with Gasteiger partial charge in [0.25, 0.3) is 0 Å². The molecule has 0 saturated heterocycles. The van der Waals surface area contributed by atoms with Crippen molar-refractivity contribution in [3.05, 3.63) is 0 Å². The third-order valence-corrected chi connectivity index (χ3v) is 12.9. The average molecular weight is 349 g/mol. The van der Waals surface area contributed by atoms with E-state index < -0.39 is 25.2 Å². The fourth-order valence-electron chi connectivity index (χ4n) is 2.82. The van der Waals surface area contributed by atoms with Crippen LogP contribution in [0.15, 0.2) is 0 Å². The zero-order valence-electron chi connectivity index (χ0n) is 16.0. The molecule has 0 radical (unpaired) electrons. The second kappa shape index (κ2) is 9.65. The Balaban J connectivity index is 4.23. The van der Waals surface area contributed by atoms with Crippen LogP contribution in [0.5, 0.6) is 0 Å². The van der Waals surface area contributed by atoms with Gasteiger partial charge in [-0.05, 0) is 51.9 Å². The van der Waals surface area contributed by atoms with Crippen molar-refractivity contribution in [3.8, 4) is 0 Å². The summed E-state index contributed by atoms with van der Waals surface area (Å²) in [7, 11) is -5.01. The van der Waals surface area contributed by atoms with Crippen LogP contribution in [0.1, 0.15) is 51.9 Å². The zero-order valence-corrected chi connectivity index (χ0v) is 19.0. The van der Waals surface area contributed by atoms with Gasteiger partial charge in [0, 0.05) is 0 Å². The van der Waals surface area contributed by atoms with Gasteiger partial charge in [-0.3, -0.25) is 0 Å². The third-order valence-electron chi connectivity index (χ3n) is 3.28. The standard InChI is InChI=1S/C16H40O2Si3/c1-9-10-11-12-13-14-15-16-21(8,17-19(2,3)4)18-20(5,6)7/h9-16H2,1-8H3. The molecule has 0 heterocycles. The van der Waals surface area contributed by atoms with Crippen molar-refractivity contribution in [2.75, 3.05) is 0 Å². The second-order valence-electron chi connectivity index (χ2n) is 8.43. The Morgan fingerprint density at radius 2 is 0.952 bits per heavy atom. The van der Waals surface area contributed by atoms with Crippen LogP contribution in [0.25, 0.3) is 0 Å². The molecule has 2 nitrogen and oxygen atoms in total. The van der Waals surface area contributed by atoms with Gasteiger partial charge in [-0.25, -0.2) is 0 Å². The Hall–Kier alpha value is 0.571. The van der Waals surface area contributed by atoms with Crippen LogP contribution in [0, 0.1) is 0 Å². The Labute approximate surface area is 137 Å². The quantitative estimate of drug-likeness (QED) is 0.295. The van der Waals surface area contributed by atoms with Gasteiger partial charge >= 0.3 is 8.56 Å². The summed E-state index contributed by atoms with van der Waals surface area (Å²) in [4.78, 5) is 0. The van der Waals surface area contributed by atoms with E-state index in [1.54, 1.807) is 0 Å². The molecule has 0 bridgehead atoms. The van der Waals surface area contributed by atoms with E-state index in [1.165, 1.54) is 51.0 Å². The topological polar surface area (TPSA) is 18.5 Å². The van der Waals surface area contributed by atoms with Crippen LogP contribution in [0.2, 0.25) is 51.9 Å². The van der Waals surface area contributed by atoms with Gasteiger partial charge in [-0.15, -0.1) is 0 Å². The van der Waals surface area contributed by atoms with Crippen molar-refractivity contribution in [2.45, 2.75) is 104 Å². The number of hydrogen-bond donors (Lipinski definition) is 0. The number of hydrogen-bond acceptors (Lipinski definition) is 2. The maximum atomic E-state index is 6.54. The molecule has 0 aliphatic heterocycles. The average Bonchev–Trinajstić information content (AvgIpc) is 2.22. The molecule has 21 heavy (non-hydrogen) atoms. The smallest absolute Gasteiger partial charge is 0.314 e. The van der Waals surface area contributed by atoms with Gasteiger partial charge in [0.05, 0.1) is 0 Å². The Kier molecular flexibility index (Phi) is 9.91. The summed E-state index contributed by atoms with van der Waals surface area (Å²) in [5, 5.41) is 0. The van der Waals surface area contributed by atoms with Gasteiger partial charge < -0.3 is 8.23 Å². The van der Waals surface area contributed by atoms with Crippen LogP contribution >= 0.6 is 0 Å². The molecule has 0 N–H and O–H groups in total. The molecule has 0 aromatic rings. The van der Waals surface area contributed by atoms with E-state index >= 15 is 0 Å². The molecule has 0 rings (SSSR count). The van der Waals surface area contributed by atoms with Crippen LogP contribution in [0.4, 0.5) is 0 Å². The lowest BCUT2D eigenvalue weighted by Gasteiger charge is -2.38. The van der Waals surface area contributed by atoms with Crippen molar-refractivity contribution < 1.29 is 8.23 Å². The summed E-state index contributed by atoms with van der Waals surface area (Å²) in [6, 6.07) is 1.18. The normalized spacial score (nSPS) is 13.7. The highest BCUT2D eigenvalue weighted by Crippen LogP contribution is 2.26. The molecular weight excluding hydrogens is 308 g/mol. The molecule has 0 saturated carbocycles. The second-order valence-corrected chi connectivity index (χ2v) is 21.3. The summed E-state index contributed by atoms with van der Waals surface area (Å²) in [5.41, 5.74) is 0. The summed E-state index contributed by atoms with van der Waals surface area (Å²) >= 11 is 0. The first-order chi connectivity index (χ1) is 9.47. The van der Waals surface area contributed by atoms with E-state index in [1.807, 2.05) is 0 Å². The third kappa shape index (κ3) is 13.9. The first kappa shape index (κ1) is 21.6. The molecule has 0 spiro atoms. The molecule has 0 amide bonds. The van der Waals surface area contributed by atoms with Gasteiger partial charge in [0.15, 0.2) is 16.6 Å². The molecule has 128 valence electrons. The highest BCUT2D eigenvalue weighted by atomic mass is 28.5. The van der Waals surface area contributed by atoms with Gasteiger partial charge in [0.1, 0.15) is 0 Å². The fourth-order valence-corrected chi connectivity index (χ4v) is 15.4. The Morgan fingerprint density at radius 3 is 1.33 bits per heavy atom. The summed E-state index contributed by atoms with van der Waals surface area (Å²) in [6.45, 7) is 18.3. The van der Waals surface area contributed by atoms with Crippen molar-refractivity contribution in [3.63, 3.8) is 0 Å². The van der Waals surface area contributed by atoms with E-state index in [2.05, 4.69) is 52.8 Å². The minimum Gasteiger partial charge on any atom is -0.437 e. The summed E-state index contributed by atoms with van der Waals surface area (Å²) in [5.74, 6) is 0.